The van der Waals surface area contributed by atoms with Gasteiger partial charge in [-0.2, -0.15) is 0 Å². The molecule has 3 heteroatoms. The van der Waals surface area contributed by atoms with Crippen LogP contribution in [0, 0.1) is 6.92 Å². The van der Waals surface area contributed by atoms with Crippen LogP contribution < -0.4 is 10.6 Å². The van der Waals surface area contributed by atoms with E-state index in [-0.39, 0.29) is 0 Å². The molecular formula is C12H18N2O. The van der Waals surface area contributed by atoms with Crippen molar-refractivity contribution in [2.45, 2.75) is 13.5 Å². The lowest BCUT2D eigenvalue weighted by atomic mass is 10.1. The number of rotatable bonds is 2. The summed E-state index contributed by atoms with van der Waals surface area (Å²) in [6.07, 6.45) is 0. The first-order valence-corrected chi connectivity index (χ1v) is 5.44. The Morgan fingerprint density at radius 3 is 2.73 bits per heavy atom. The van der Waals surface area contributed by atoms with Crippen LogP contribution in [0.25, 0.3) is 0 Å². The van der Waals surface area contributed by atoms with Gasteiger partial charge in [0, 0.05) is 25.3 Å². The lowest BCUT2D eigenvalue weighted by molar-refractivity contribution is 0.122. The Kier molecular flexibility index (Phi) is 3.23. The zero-order valence-corrected chi connectivity index (χ0v) is 9.20. The fraction of sp³-hybridized carbons (Fsp3) is 0.500. The van der Waals surface area contributed by atoms with Gasteiger partial charge >= 0.3 is 0 Å². The summed E-state index contributed by atoms with van der Waals surface area (Å²) in [5.74, 6) is 0. The van der Waals surface area contributed by atoms with Crippen molar-refractivity contribution in [2.75, 3.05) is 31.2 Å². The Labute approximate surface area is 90.8 Å². The van der Waals surface area contributed by atoms with Gasteiger partial charge in [0.15, 0.2) is 0 Å². The van der Waals surface area contributed by atoms with Crippen molar-refractivity contribution in [3.05, 3.63) is 29.3 Å². The Balaban J connectivity index is 2.31. The predicted octanol–water partition coefficient (Wildman–Crippen LogP) is 1.29. The Hall–Kier alpha value is -1.06. The molecule has 1 aromatic rings. The van der Waals surface area contributed by atoms with Gasteiger partial charge in [-0.3, -0.25) is 0 Å². The monoisotopic (exact) mass is 206 g/mol. The molecule has 0 aliphatic carbocycles. The van der Waals surface area contributed by atoms with Crippen LogP contribution in [-0.4, -0.2) is 26.3 Å². The summed E-state index contributed by atoms with van der Waals surface area (Å²) in [5.41, 5.74) is 9.62. The molecule has 2 rings (SSSR count). The van der Waals surface area contributed by atoms with Crippen molar-refractivity contribution in [2.24, 2.45) is 5.73 Å². The SMILES string of the molecule is Cc1cccc(CN)c1N1CCOCC1. The first-order chi connectivity index (χ1) is 7.33. The van der Waals surface area contributed by atoms with E-state index in [1.54, 1.807) is 0 Å². The molecule has 1 aliphatic rings. The van der Waals surface area contributed by atoms with Crippen molar-refractivity contribution >= 4 is 5.69 Å². The molecule has 0 aromatic heterocycles. The van der Waals surface area contributed by atoms with Gasteiger partial charge in [0.25, 0.3) is 0 Å². The average Bonchev–Trinajstić information content (AvgIpc) is 2.29. The van der Waals surface area contributed by atoms with Crippen LogP contribution in [-0.2, 0) is 11.3 Å². The van der Waals surface area contributed by atoms with Crippen LogP contribution in [0.15, 0.2) is 18.2 Å². The number of para-hydroxylation sites is 1. The first kappa shape index (κ1) is 10.5. The fourth-order valence-electron chi connectivity index (χ4n) is 2.12. The van der Waals surface area contributed by atoms with Crippen LogP contribution in [0.3, 0.4) is 0 Å². The number of aryl methyl sites for hydroxylation is 1. The van der Waals surface area contributed by atoms with Crippen molar-refractivity contribution in [1.29, 1.82) is 0 Å². The van der Waals surface area contributed by atoms with E-state index in [0.717, 1.165) is 26.3 Å². The number of benzene rings is 1. The maximum Gasteiger partial charge on any atom is 0.0642 e. The number of hydrogen-bond acceptors (Lipinski definition) is 3. The van der Waals surface area contributed by atoms with Gasteiger partial charge in [0.05, 0.1) is 13.2 Å². The highest BCUT2D eigenvalue weighted by Crippen LogP contribution is 2.25. The molecule has 1 heterocycles. The van der Waals surface area contributed by atoms with E-state index < -0.39 is 0 Å². The minimum atomic E-state index is 0.606. The molecule has 1 fully saturated rings. The smallest absolute Gasteiger partial charge is 0.0642 e. The van der Waals surface area contributed by atoms with E-state index in [2.05, 4.69) is 30.0 Å². The summed E-state index contributed by atoms with van der Waals surface area (Å²) in [4.78, 5) is 2.38. The lowest BCUT2D eigenvalue weighted by Gasteiger charge is -2.31. The molecule has 2 N–H and O–H groups in total. The van der Waals surface area contributed by atoms with Gasteiger partial charge in [-0.25, -0.2) is 0 Å². The van der Waals surface area contributed by atoms with Crippen molar-refractivity contribution in [1.82, 2.24) is 0 Å². The molecule has 0 spiro atoms. The van der Waals surface area contributed by atoms with E-state index >= 15 is 0 Å². The maximum atomic E-state index is 5.77. The van der Waals surface area contributed by atoms with Crippen molar-refractivity contribution in [3.63, 3.8) is 0 Å². The van der Waals surface area contributed by atoms with E-state index in [4.69, 9.17) is 10.5 Å². The summed E-state index contributed by atoms with van der Waals surface area (Å²) < 4.78 is 5.36. The van der Waals surface area contributed by atoms with Crippen LogP contribution in [0.5, 0.6) is 0 Å². The van der Waals surface area contributed by atoms with Crippen molar-refractivity contribution in [3.8, 4) is 0 Å². The largest absolute Gasteiger partial charge is 0.378 e. The molecule has 0 unspecified atom stereocenters. The van der Waals surface area contributed by atoms with Gasteiger partial charge in [-0.1, -0.05) is 18.2 Å². The second-order valence-corrected chi connectivity index (χ2v) is 3.89. The quantitative estimate of drug-likeness (QED) is 0.792. The van der Waals surface area contributed by atoms with Crippen molar-refractivity contribution < 1.29 is 4.74 Å². The number of morpholine rings is 1. The molecule has 1 aromatic carbocycles. The molecule has 1 saturated heterocycles. The Morgan fingerprint density at radius 1 is 1.33 bits per heavy atom. The molecule has 3 nitrogen and oxygen atoms in total. The molecule has 0 atom stereocenters. The third-order valence-corrected chi connectivity index (χ3v) is 2.87. The maximum absolute atomic E-state index is 5.77. The molecule has 0 saturated carbocycles. The highest BCUT2D eigenvalue weighted by molar-refractivity contribution is 5.59. The van der Waals surface area contributed by atoms with Crippen LogP contribution >= 0.6 is 0 Å². The summed E-state index contributed by atoms with van der Waals surface area (Å²) in [5, 5.41) is 0. The van der Waals surface area contributed by atoms with E-state index in [1.165, 1.54) is 16.8 Å². The molecule has 15 heavy (non-hydrogen) atoms. The minimum Gasteiger partial charge on any atom is -0.378 e. The minimum absolute atomic E-state index is 0.606. The molecule has 0 bridgehead atoms. The molecular weight excluding hydrogens is 188 g/mol. The third kappa shape index (κ3) is 2.13. The second-order valence-electron chi connectivity index (χ2n) is 3.89. The highest BCUT2D eigenvalue weighted by atomic mass is 16.5. The number of nitrogens with zero attached hydrogens (tertiary/aromatic N) is 1. The normalized spacial score (nSPS) is 16.8. The molecule has 0 amide bonds. The first-order valence-electron chi connectivity index (χ1n) is 5.44. The second kappa shape index (κ2) is 4.64. The Bertz CT molecular complexity index is 332. The summed E-state index contributed by atoms with van der Waals surface area (Å²) in [6.45, 7) is 6.32. The van der Waals surface area contributed by atoms with E-state index in [0.29, 0.717) is 6.54 Å². The van der Waals surface area contributed by atoms with Gasteiger partial charge in [-0.15, -0.1) is 0 Å². The number of anilines is 1. The molecule has 0 radical (unpaired) electrons. The van der Waals surface area contributed by atoms with E-state index in [9.17, 15) is 0 Å². The number of hydrogen-bond donors (Lipinski definition) is 1. The summed E-state index contributed by atoms with van der Waals surface area (Å²) in [6, 6.07) is 6.32. The highest BCUT2D eigenvalue weighted by Gasteiger charge is 2.15. The topological polar surface area (TPSA) is 38.5 Å². The van der Waals surface area contributed by atoms with Gasteiger partial charge in [0.1, 0.15) is 0 Å². The zero-order valence-electron chi connectivity index (χ0n) is 9.20. The molecule has 1 aliphatic heterocycles. The average molecular weight is 206 g/mol. The third-order valence-electron chi connectivity index (χ3n) is 2.87. The van der Waals surface area contributed by atoms with Crippen LogP contribution in [0.4, 0.5) is 5.69 Å². The molecule has 82 valence electrons. The van der Waals surface area contributed by atoms with Crippen LogP contribution in [0.1, 0.15) is 11.1 Å². The summed E-state index contributed by atoms with van der Waals surface area (Å²) >= 11 is 0. The number of nitrogens with two attached hydrogens (primary N) is 1. The van der Waals surface area contributed by atoms with Gasteiger partial charge in [0.2, 0.25) is 0 Å². The lowest BCUT2D eigenvalue weighted by Crippen LogP contribution is -2.37. The predicted molar refractivity (Wildman–Crippen MR) is 62.1 cm³/mol. The van der Waals surface area contributed by atoms with E-state index in [1.807, 2.05) is 0 Å². The van der Waals surface area contributed by atoms with Gasteiger partial charge < -0.3 is 15.4 Å². The summed E-state index contributed by atoms with van der Waals surface area (Å²) in [7, 11) is 0. The fourth-order valence-corrected chi connectivity index (χ4v) is 2.12. The number of ether oxygens (including phenoxy) is 1. The standard InChI is InChI=1S/C12H18N2O/c1-10-3-2-4-11(9-13)12(10)14-5-7-15-8-6-14/h2-4H,5-9,13H2,1H3. The zero-order chi connectivity index (χ0) is 10.7. The van der Waals surface area contributed by atoms with Crippen LogP contribution in [0.2, 0.25) is 0 Å². The Morgan fingerprint density at radius 2 is 2.07 bits per heavy atom. The van der Waals surface area contributed by atoms with Gasteiger partial charge in [-0.05, 0) is 18.1 Å².